The van der Waals surface area contributed by atoms with E-state index in [0.29, 0.717) is 11.8 Å². The van der Waals surface area contributed by atoms with Crippen LogP contribution in [0.4, 0.5) is 0 Å². The van der Waals surface area contributed by atoms with Gasteiger partial charge in [0.05, 0.1) is 18.2 Å². The topological polar surface area (TPSA) is 36.3 Å². The van der Waals surface area contributed by atoms with Crippen LogP contribution in [0, 0.1) is 17.2 Å². The third-order valence-electron chi connectivity index (χ3n) is 4.83. The molecule has 1 saturated heterocycles. The molecule has 1 fully saturated rings. The minimum absolute atomic E-state index is 0.475. The van der Waals surface area contributed by atoms with Gasteiger partial charge in [-0.2, -0.15) is 5.26 Å². The Labute approximate surface area is 144 Å². The first-order valence-corrected chi connectivity index (χ1v) is 8.66. The maximum Gasteiger partial charge on any atom is 0.122 e. The van der Waals surface area contributed by atoms with Gasteiger partial charge < -0.3 is 4.74 Å². The van der Waals surface area contributed by atoms with Crippen LogP contribution in [0.15, 0.2) is 46.9 Å². The molecule has 2 aromatic carbocycles. The van der Waals surface area contributed by atoms with Crippen LogP contribution in [0.5, 0.6) is 5.75 Å². The van der Waals surface area contributed by atoms with E-state index in [-0.39, 0.29) is 0 Å². The van der Waals surface area contributed by atoms with Gasteiger partial charge in [-0.05, 0) is 35.9 Å². The number of ether oxygens (including phenoxy) is 1. The molecule has 4 heteroatoms. The third kappa shape index (κ3) is 2.87. The quantitative estimate of drug-likeness (QED) is 0.805. The maximum atomic E-state index is 9.14. The van der Waals surface area contributed by atoms with Crippen molar-refractivity contribution in [1.29, 1.82) is 5.26 Å². The lowest BCUT2D eigenvalue weighted by Crippen LogP contribution is -2.25. The summed E-state index contributed by atoms with van der Waals surface area (Å²) in [4.78, 5) is 2.50. The smallest absolute Gasteiger partial charge is 0.122 e. The van der Waals surface area contributed by atoms with Crippen molar-refractivity contribution in [1.82, 2.24) is 4.90 Å². The van der Waals surface area contributed by atoms with Crippen molar-refractivity contribution < 1.29 is 4.74 Å². The van der Waals surface area contributed by atoms with E-state index in [1.807, 2.05) is 18.2 Å². The number of nitriles is 1. The number of likely N-dealkylation sites (tertiary alicyclic amines) is 1. The predicted molar refractivity (Wildman–Crippen MR) is 92.3 cm³/mol. The van der Waals surface area contributed by atoms with Crippen LogP contribution in [0.2, 0.25) is 0 Å². The largest absolute Gasteiger partial charge is 0.493 e. The fourth-order valence-corrected chi connectivity index (χ4v) is 3.96. The molecule has 4 rings (SSSR count). The van der Waals surface area contributed by atoms with Gasteiger partial charge in [0.15, 0.2) is 0 Å². The summed E-state index contributed by atoms with van der Waals surface area (Å²) in [7, 11) is 0. The fraction of sp³-hybridized carbons (Fsp3) is 0.316. The van der Waals surface area contributed by atoms with E-state index < -0.39 is 0 Å². The zero-order valence-corrected chi connectivity index (χ0v) is 14.3. The van der Waals surface area contributed by atoms with Crippen LogP contribution in [0.1, 0.15) is 22.6 Å². The number of benzene rings is 2. The normalized spacial score (nSPS) is 22.8. The third-order valence-corrected chi connectivity index (χ3v) is 5.36. The molecular formula is C19H17BrN2O. The average molecular weight is 369 g/mol. The van der Waals surface area contributed by atoms with Gasteiger partial charge in [0.2, 0.25) is 0 Å². The molecule has 0 N–H and O–H groups in total. The molecule has 2 aromatic rings. The lowest BCUT2D eigenvalue weighted by molar-refractivity contribution is 0.212. The zero-order chi connectivity index (χ0) is 15.8. The molecule has 0 spiro atoms. The van der Waals surface area contributed by atoms with Crippen molar-refractivity contribution in [2.24, 2.45) is 5.92 Å². The Balaban J connectivity index is 1.54. The number of rotatable bonds is 2. The van der Waals surface area contributed by atoms with Gasteiger partial charge in [0, 0.05) is 41.5 Å². The number of hydrogen-bond donors (Lipinski definition) is 0. The van der Waals surface area contributed by atoms with Gasteiger partial charge in [-0.3, -0.25) is 4.90 Å². The first kappa shape index (κ1) is 14.7. The Morgan fingerprint density at radius 2 is 2.00 bits per heavy atom. The molecule has 0 bridgehead atoms. The van der Waals surface area contributed by atoms with Gasteiger partial charge in [-0.25, -0.2) is 0 Å². The molecule has 0 saturated carbocycles. The molecule has 116 valence electrons. The number of hydrogen-bond acceptors (Lipinski definition) is 3. The number of nitrogens with zero attached hydrogens (tertiary/aromatic N) is 2. The molecule has 23 heavy (non-hydrogen) atoms. The summed E-state index contributed by atoms with van der Waals surface area (Å²) in [6.45, 7) is 3.83. The van der Waals surface area contributed by atoms with Crippen molar-refractivity contribution in [2.75, 3.05) is 19.7 Å². The van der Waals surface area contributed by atoms with E-state index in [0.717, 1.165) is 42.0 Å². The van der Waals surface area contributed by atoms with Crippen LogP contribution >= 0.6 is 15.9 Å². The van der Waals surface area contributed by atoms with Gasteiger partial charge in [0.1, 0.15) is 5.75 Å². The highest BCUT2D eigenvalue weighted by Crippen LogP contribution is 2.42. The summed E-state index contributed by atoms with van der Waals surface area (Å²) in [5.41, 5.74) is 3.26. The van der Waals surface area contributed by atoms with E-state index in [1.54, 1.807) is 0 Å². The molecular weight excluding hydrogens is 352 g/mol. The molecule has 0 unspecified atom stereocenters. The van der Waals surface area contributed by atoms with Crippen LogP contribution in [0.25, 0.3) is 0 Å². The van der Waals surface area contributed by atoms with Crippen molar-refractivity contribution >= 4 is 15.9 Å². The van der Waals surface area contributed by atoms with Crippen LogP contribution in [0.3, 0.4) is 0 Å². The standard InChI is InChI=1S/C19H17BrN2O/c20-16-4-1-13(2-5-16)9-22-10-15-12-23-19-6-3-14(8-21)7-17(19)18(15)11-22/h1-7,15,18H,9-12H2/t15-,18+/m1/s1. The lowest BCUT2D eigenvalue weighted by Gasteiger charge is -2.27. The lowest BCUT2D eigenvalue weighted by atomic mass is 9.86. The van der Waals surface area contributed by atoms with Gasteiger partial charge in [0.25, 0.3) is 0 Å². The van der Waals surface area contributed by atoms with Crippen LogP contribution in [-0.2, 0) is 6.54 Å². The Morgan fingerprint density at radius 1 is 1.17 bits per heavy atom. The molecule has 0 amide bonds. The van der Waals surface area contributed by atoms with E-state index >= 15 is 0 Å². The minimum Gasteiger partial charge on any atom is -0.493 e. The Bertz CT molecular complexity index is 766. The van der Waals surface area contributed by atoms with Crippen molar-refractivity contribution in [2.45, 2.75) is 12.5 Å². The number of fused-ring (bicyclic) bond motifs is 3. The zero-order valence-electron chi connectivity index (χ0n) is 12.7. The Morgan fingerprint density at radius 3 is 2.78 bits per heavy atom. The van der Waals surface area contributed by atoms with Gasteiger partial charge in [-0.15, -0.1) is 0 Å². The molecule has 3 nitrogen and oxygen atoms in total. The molecule has 2 aliphatic rings. The highest BCUT2D eigenvalue weighted by atomic mass is 79.9. The summed E-state index contributed by atoms with van der Waals surface area (Å²) in [6, 6.07) is 16.6. The van der Waals surface area contributed by atoms with E-state index in [2.05, 4.69) is 51.2 Å². The van der Waals surface area contributed by atoms with Crippen LogP contribution in [-0.4, -0.2) is 24.6 Å². The molecule has 0 aromatic heterocycles. The highest BCUT2D eigenvalue weighted by molar-refractivity contribution is 9.10. The van der Waals surface area contributed by atoms with Crippen molar-refractivity contribution in [3.63, 3.8) is 0 Å². The van der Waals surface area contributed by atoms with Crippen molar-refractivity contribution in [3.8, 4) is 11.8 Å². The molecule has 0 aliphatic carbocycles. The Hall–Kier alpha value is -1.83. The summed E-state index contributed by atoms with van der Waals surface area (Å²) in [5.74, 6) is 1.95. The Kier molecular flexibility index (Phi) is 3.84. The molecule has 2 heterocycles. The molecule has 2 atom stereocenters. The van der Waals surface area contributed by atoms with Crippen LogP contribution < -0.4 is 4.74 Å². The van der Waals surface area contributed by atoms with Gasteiger partial charge >= 0.3 is 0 Å². The molecule has 2 aliphatic heterocycles. The second kappa shape index (κ2) is 5.99. The fourth-order valence-electron chi connectivity index (χ4n) is 3.69. The SMILES string of the molecule is N#Cc1ccc2c(c1)[C@H]1CN(Cc3ccc(Br)cc3)C[C@@H]1CO2. The highest BCUT2D eigenvalue weighted by Gasteiger charge is 2.38. The molecule has 0 radical (unpaired) electrons. The summed E-state index contributed by atoms with van der Waals surface area (Å²) >= 11 is 3.48. The minimum atomic E-state index is 0.475. The predicted octanol–water partition coefficient (Wildman–Crippen LogP) is 3.93. The first-order chi connectivity index (χ1) is 11.2. The maximum absolute atomic E-state index is 9.14. The van der Waals surface area contributed by atoms with E-state index in [9.17, 15) is 0 Å². The number of halogens is 1. The van der Waals surface area contributed by atoms with E-state index in [4.69, 9.17) is 10.00 Å². The summed E-state index contributed by atoms with van der Waals surface area (Å²) < 4.78 is 7.02. The summed E-state index contributed by atoms with van der Waals surface area (Å²) in [6.07, 6.45) is 0. The van der Waals surface area contributed by atoms with Gasteiger partial charge in [-0.1, -0.05) is 28.1 Å². The summed E-state index contributed by atoms with van der Waals surface area (Å²) in [5, 5.41) is 9.14. The van der Waals surface area contributed by atoms with E-state index in [1.165, 1.54) is 11.1 Å². The second-order valence-electron chi connectivity index (χ2n) is 6.36. The average Bonchev–Trinajstić information content (AvgIpc) is 2.99. The second-order valence-corrected chi connectivity index (χ2v) is 7.28. The monoisotopic (exact) mass is 368 g/mol. The first-order valence-electron chi connectivity index (χ1n) is 7.86. The van der Waals surface area contributed by atoms with Crippen molar-refractivity contribution in [3.05, 3.63) is 63.6 Å².